The number of aryl methyl sites for hydroxylation is 1. The Morgan fingerprint density at radius 2 is 1.92 bits per heavy atom. The van der Waals surface area contributed by atoms with Gasteiger partial charge in [-0.1, -0.05) is 35.8 Å². The number of hydrogen-bond acceptors (Lipinski definition) is 6. The molecule has 0 bridgehead atoms. The van der Waals surface area contributed by atoms with Crippen LogP contribution in [0.1, 0.15) is 18.6 Å². The molecule has 0 aliphatic carbocycles. The maximum absolute atomic E-state index is 6.09. The normalized spacial score (nSPS) is 16.4. The summed E-state index contributed by atoms with van der Waals surface area (Å²) in [4.78, 5) is 9.11. The Morgan fingerprint density at radius 3 is 2.62 bits per heavy atom. The van der Waals surface area contributed by atoms with Crippen molar-refractivity contribution in [2.45, 2.75) is 19.9 Å². The first-order valence-electron chi connectivity index (χ1n) is 8.38. The van der Waals surface area contributed by atoms with E-state index < -0.39 is 0 Å². The highest BCUT2D eigenvalue weighted by atomic mass is 35.5. The number of rotatable bonds is 7. The predicted octanol–water partition coefficient (Wildman–Crippen LogP) is 2.48. The Hall–Kier alpha value is -1.63. The number of halogens is 1. The summed E-state index contributed by atoms with van der Waals surface area (Å²) < 4.78 is 11.0. The maximum Gasteiger partial charge on any atom is 0.240 e. The monoisotopic (exact) mass is 350 g/mol. The summed E-state index contributed by atoms with van der Waals surface area (Å²) >= 11 is 6.09. The number of nitrogens with zero attached hydrogens (tertiary/aromatic N) is 4. The lowest BCUT2D eigenvalue weighted by Crippen LogP contribution is -2.47. The molecule has 1 aliphatic heterocycles. The van der Waals surface area contributed by atoms with Gasteiger partial charge in [-0.05, 0) is 12.1 Å². The van der Waals surface area contributed by atoms with Crippen LogP contribution in [0.2, 0.25) is 5.02 Å². The van der Waals surface area contributed by atoms with Crippen molar-refractivity contribution in [1.82, 2.24) is 19.9 Å². The smallest absolute Gasteiger partial charge is 0.240 e. The lowest BCUT2D eigenvalue weighted by atomic mass is 10.3. The maximum atomic E-state index is 6.09. The zero-order valence-electron chi connectivity index (χ0n) is 13.9. The molecule has 0 amide bonds. The molecule has 6 nitrogen and oxygen atoms in total. The number of benzene rings is 1. The van der Waals surface area contributed by atoms with E-state index in [1.807, 2.05) is 31.2 Å². The first kappa shape index (κ1) is 17.2. The van der Waals surface area contributed by atoms with Crippen LogP contribution in [0, 0.1) is 0 Å². The molecular formula is C17H23ClN4O2. The Balaban J connectivity index is 1.37. The second-order valence-corrected chi connectivity index (χ2v) is 6.26. The molecule has 0 N–H and O–H groups in total. The van der Waals surface area contributed by atoms with Crippen molar-refractivity contribution >= 4 is 11.6 Å². The van der Waals surface area contributed by atoms with Crippen LogP contribution >= 0.6 is 11.6 Å². The second kappa shape index (κ2) is 8.46. The van der Waals surface area contributed by atoms with Crippen molar-refractivity contribution in [3.05, 3.63) is 41.0 Å². The molecule has 0 radical (unpaired) electrons. The van der Waals surface area contributed by atoms with Crippen molar-refractivity contribution in [1.29, 1.82) is 0 Å². The van der Waals surface area contributed by atoms with Gasteiger partial charge >= 0.3 is 0 Å². The van der Waals surface area contributed by atoms with E-state index in [9.17, 15) is 0 Å². The molecule has 1 fully saturated rings. The van der Waals surface area contributed by atoms with E-state index in [0.717, 1.165) is 57.3 Å². The average molecular weight is 351 g/mol. The lowest BCUT2D eigenvalue weighted by molar-refractivity contribution is 0.104. The molecular weight excluding hydrogens is 328 g/mol. The molecule has 0 spiro atoms. The SMILES string of the molecule is CCc1noc(CN2CCN(CCOc3ccccc3Cl)CC2)n1. The quantitative estimate of drug-likeness (QED) is 0.764. The lowest BCUT2D eigenvalue weighted by Gasteiger charge is -2.33. The first-order chi connectivity index (χ1) is 11.7. The minimum atomic E-state index is 0.646. The van der Waals surface area contributed by atoms with E-state index in [0.29, 0.717) is 17.5 Å². The summed E-state index contributed by atoms with van der Waals surface area (Å²) in [6, 6.07) is 7.58. The van der Waals surface area contributed by atoms with E-state index in [2.05, 4.69) is 19.9 Å². The van der Waals surface area contributed by atoms with Gasteiger partial charge in [0.1, 0.15) is 12.4 Å². The zero-order chi connectivity index (χ0) is 16.8. The minimum Gasteiger partial charge on any atom is -0.491 e. The van der Waals surface area contributed by atoms with Crippen molar-refractivity contribution in [2.75, 3.05) is 39.3 Å². The molecule has 1 aromatic carbocycles. The number of hydrogen-bond donors (Lipinski definition) is 0. The molecule has 0 saturated carbocycles. The van der Waals surface area contributed by atoms with E-state index in [-0.39, 0.29) is 0 Å². The van der Waals surface area contributed by atoms with Crippen LogP contribution in [0.15, 0.2) is 28.8 Å². The molecule has 7 heteroatoms. The van der Waals surface area contributed by atoms with Gasteiger partial charge in [0.2, 0.25) is 5.89 Å². The van der Waals surface area contributed by atoms with Crippen LogP contribution < -0.4 is 4.74 Å². The molecule has 2 aromatic rings. The van der Waals surface area contributed by atoms with E-state index in [1.54, 1.807) is 0 Å². The van der Waals surface area contributed by atoms with E-state index >= 15 is 0 Å². The highest BCUT2D eigenvalue weighted by molar-refractivity contribution is 6.32. The van der Waals surface area contributed by atoms with E-state index in [1.165, 1.54) is 0 Å². The summed E-state index contributed by atoms with van der Waals surface area (Å²) in [6.45, 7) is 8.33. The molecule has 24 heavy (non-hydrogen) atoms. The van der Waals surface area contributed by atoms with Gasteiger partial charge in [-0.15, -0.1) is 0 Å². The summed E-state index contributed by atoms with van der Waals surface area (Å²) in [5, 5.41) is 4.60. The van der Waals surface area contributed by atoms with Gasteiger partial charge in [0.25, 0.3) is 0 Å². The molecule has 0 unspecified atom stereocenters. The van der Waals surface area contributed by atoms with Gasteiger partial charge in [-0.2, -0.15) is 4.98 Å². The van der Waals surface area contributed by atoms with Crippen LogP contribution in [0.4, 0.5) is 0 Å². The van der Waals surface area contributed by atoms with Crippen molar-refractivity contribution in [2.24, 2.45) is 0 Å². The molecule has 1 aromatic heterocycles. The Morgan fingerprint density at radius 1 is 1.17 bits per heavy atom. The van der Waals surface area contributed by atoms with Crippen LogP contribution in [0.5, 0.6) is 5.75 Å². The molecule has 0 atom stereocenters. The van der Waals surface area contributed by atoms with Gasteiger partial charge < -0.3 is 9.26 Å². The number of ether oxygens (including phenoxy) is 1. The fraction of sp³-hybridized carbons (Fsp3) is 0.529. The van der Waals surface area contributed by atoms with Crippen molar-refractivity contribution in [3.63, 3.8) is 0 Å². The third-order valence-electron chi connectivity index (χ3n) is 4.15. The van der Waals surface area contributed by atoms with Gasteiger partial charge in [-0.3, -0.25) is 9.80 Å². The topological polar surface area (TPSA) is 54.6 Å². The summed E-state index contributed by atoms with van der Waals surface area (Å²) in [6.07, 6.45) is 0.808. The number of piperazine rings is 1. The molecule has 2 heterocycles. The number of para-hydroxylation sites is 1. The predicted molar refractivity (Wildman–Crippen MR) is 92.3 cm³/mol. The summed E-state index contributed by atoms with van der Waals surface area (Å²) in [7, 11) is 0. The fourth-order valence-corrected chi connectivity index (χ4v) is 2.90. The zero-order valence-corrected chi connectivity index (χ0v) is 14.7. The van der Waals surface area contributed by atoms with E-state index in [4.69, 9.17) is 20.9 Å². The van der Waals surface area contributed by atoms with Crippen molar-refractivity contribution in [3.8, 4) is 5.75 Å². The number of aromatic nitrogens is 2. The minimum absolute atomic E-state index is 0.646. The summed E-state index contributed by atoms with van der Waals surface area (Å²) in [5.74, 6) is 2.24. The largest absolute Gasteiger partial charge is 0.491 e. The van der Waals surface area contributed by atoms with Crippen molar-refractivity contribution < 1.29 is 9.26 Å². The van der Waals surface area contributed by atoms with Gasteiger partial charge in [-0.25, -0.2) is 0 Å². The Bertz CT molecular complexity index is 641. The molecule has 130 valence electrons. The third kappa shape index (κ3) is 4.69. The van der Waals surface area contributed by atoms with Gasteiger partial charge in [0, 0.05) is 39.1 Å². The van der Waals surface area contributed by atoms with Gasteiger partial charge in [0.15, 0.2) is 5.82 Å². The van der Waals surface area contributed by atoms with Crippen LogP contribution in [0.25, 0.3) is 0 Å². The Kier molecular flexibility index (Phi) is 6.07. The molecule has 1 saturated heterocycles. The van der Waals surface area contributed by atoms with Crippen LogP contribution in [0.3, 0.4) is 0 Å². The molecule has 3 rings (SSSR count). The van der Waals surface area contributed by atoms with Crippen LogP contribution in [-0.4, -0.2) is 59.3 Å². The highest BCUT2D eigenvalue weighted by Crippen LogP contribution is 2.22. The standard InChI is InChI=1S/C17H23ClN4O2/c1-2-16-19-17(24-20-16)13-22-9-7-21(8-10-22)11-12-23-15-6-4-3-5-14(15)18/h3-6H,2,7-13H2,1H3. The second-order valence-electron chi connectivity index (χ2n) is 5.85. The van der Waals surface area contributed by atoms with Crippen LogP contribution in [-0.2, 0) is 13.0 Å². The first-order valence-corrected chi connectivity index (χ1v) is 8.76. The molecule has 1 aliphatic rings. The fourth-order valence-electron chi connectivity index (χ4n) is 2.71. The third-order valence-corrected chi connectivity index (χ3v) is 4.46. The average Bonchev–Trinajstić information content (AvgIpc) is 3.06. The summed E-state index contributed by atoms with van der Waals surface area (Å²) in [5.41, 5.74) is 0. The van der Waals surface area contributed by atoms with Gasteiger partial charge in [0.05, 0.1) is 11.6 Å². The highest BCUT2D eigenvalue weighted by Gasteiger charge is 2.19. The Labute approximate surface area is 147 Å².